The molecule has 1 fully saturated rings. The molecule has 1 N–H and O–H groups in total. The number of ether oxygens (including phenoxy) is 1. The average molecular weight is 309 g/mol. The summed E-state index contributed by atoms with van der Waals surface area (Å²) in [4.78, 5) is 23.7. The van der Waals surface area contributed by atoms with Crippen LogP contribution in [0.2, 0.25) is 0 Å². The Hall–Kier alpha value is -1.57. The van der Waals surface area contributed by atoms with Gasteiger partial charge in [-0.05, 0) is 6.42 Å². The topological polar surface area (TPSA) is 66.8 Å². The molecular formula is C13H18F3NO4. The van der Waals surface area contributed by atoms with Crippen molar-refractivity contribution in [1.82, 2.24) is 4.90 Å². The Morgan fingerprint density at radius 3 is 2.52 bits per heavy atom. The number of alkyl halides is 3. The molecule has 0 spiro atoms. The van der Waals surface area contributed by atoms with Gasteiger partial charge in [0.2, 0.25) is 5.91 Å². The van der Waals surface area contributed by atoms with E-state index in [1.165, 1.54) is 0 Å². The van der Waals surface area contributed by atoms with Gasteiger partial charge in [0.05, 0.1) is 18.4 Å². The highest BCUT2D eigenvalue weighted by atomic mass is 19.4. The van der Waals surface area contributed by atoms with Gasteiger partial charge in [0.25, 0.3) is 0 Å². The van der Waals surface area contributed by atoms with E-state index in [2.05, 4.69) is 6.58 Å². The van der Waals surface area contributed by atoms with Crippen molar-refractivity contribution < 1.29 is 32.6 Å². The Morgan fingerprint density at radius 1 is 1.38 bits per heavy atom. The standard InChI is InChI=1S/C13H18F3NO4/c1-2-5-21-6-3-4-11(18)17-7-9(12(19)20)10(8-17)13(14,15)16/h2,9-10H,1,3-8H2,(H,19,20)/t9-,10-/m1/s1. The molecule has 0 aromatic heterocycles. The van der Waals surface area contributed by atoms with Crippen LogP contribution >= 0.6 is 0 Å². The first kappa shape index (κ1) is 17.5. The number of aliphatic carboxylic acids is 1. The van der Waals surface area contributed by atoms with Crippen molar-refractivity contribution in [2.75, 3.05) is 26.3 Å². The fourth-order valence-electron chi connectivity index (χ4n) is 2.24. The summed E-state index contributed by atoms with van der Waals surface area (Å²) in [5.74, 6) is -5.60. The van der Waals surface area contributed by atoms with E-state index in [0.717, 1.165) is 4.90 Å². The molecule has 1 amide bonds. The molecule has 5 nitrogen and oxygen atoms in total. The van der Waals surface area contributed by atoms with E-state index in [4.69, 9.17) is 9.84 Å². The van der Waals surface area contributed by atoms with Crippen LogP contribution in [0.3, 0.4) is 0 Å². The number of amides is 1. The van der Waals surface area contributed by atoms with Crippen LogP contribution in [0, 0.1) is 11.8 Å². The first-order valence-electron chi connectivity index (χ1n) is 6.53. The number of halogens is 3. The van der Waals surface area contributed by atoms with E-state index >= 15 is 0 Å². The summed E-state index contributed by atoms with van der Waals surface area (Å²) in [5, 5.41) is 8.85. The third-order valence-electron chi connectivity index (χ3n) is 3.33. The van der Waals surface area contributed by atoms with E-state index < -0.39 is 43.0 Å². The van der Waals surface area contributed by atoms with Gasteiger partial charge in [-0.1, -0.05) is 6.08 Å². The second-order valence-electron chi connectivity index (χ2n) is 4.86. The van der Waals surface area contributed by atoms with Crippen LogP contribution in [0.1, 0.15) is 12.8 Å². The molecule has 0 saturated carbocycles. The number of carboxylic acids is 1. The van der Waals surface area contributed by atoms with Crippen LogP contribution in [0.25, 0.3) is 0 Å². The Labute approximate surface area is 120 Å². The van der Waals surface area contributed by atoms with Crippen LogP contribution in [-0.2, 0) is 14.3 Å². The van der Waals surface area contributed by atoms with E-state index in [0.29, 0.717) is 19.6 Å². The van der Waals surface area contributed by atoms with E-state index in [-0.39, 0.29) is 6.42 Å². The van der Waals surface area contributed by atoms with Gasteiger partial charge in [-0.2, -0.15) is 13.2 Å². The molecule has 120 valence electrons. The molecule has 0 radical (unpaired) electrons. The van der Waals surface area contributed by atoms with Crippen molar-refractivity contribution >= 4 is 11.9 Å². The zero-order valence-corrected chi connectivity index (χ0v) is 11.4. The summed E-state index contributed by atoms with van der Waals surface area (Å²) in [6, 6.07) is 0. The van der Waals surface area contributed by atoms with Gasteiger partial charge >= 0.3 is 12.1 Å². The number of carboxylic acid groups (broad SMARTS) is 1. The lowest BCUT2D eigenvalue weighted by Crippen LogP contribution is -2.34. The zero-order valence-electron chi connectivity index (χ0n) is 11.4. The zero-order chi connectivity index (χ0) is 16.0. The number of rotatable bonds is 7. The summed E-state index contributed by atoms with van der Waals surface area (Å²) in [5.41, 5.74) is 0. The monoisotopic (exact) mass is 309 g/mol. The lowest BCUT2D eigenvalue weighted by atomic mass is 9.96. The van der Waals surface area contributed by atoms with E-state index in [1.54, 1.807) is 6.08 Å². The third kappa shape index (κ3) is 5.04. The van der Waals surface area contributed by atoms with Crippen molar-refractivity contribution in [3.63, 3.8) is 0 Å². The molecule has 1 heterocycles. The number of nitrogens with zero attached hydrogens (tertiary/aromatic N) is 1. The Balaban J connectivity index is 2.51. The summed E-state index contributed by atoms with van der Waals surface area (Å²) in [7, 11) is 0. The average Bonchev–Trinajstić information content (AvgIpc) is 2.83. The second-order valence-corrected chi connectivity index (χ2v) is 4.86. The highest BCUT2D eigenvalue weighted by molar-refractivity contribution is 5.79. The Morgan fingerprint density at radius 2 is 2.05 bits per heavy atom. The highest BCUT2D eigenvalue weighted by Gasteiger charge is 2.53. The summed E-state index contributed by atoms with van der Waals surface area (Å²) in [6.45, 7) is 3.11. The van der Waals surface area contributed by atoms with Crippen molar-refractivity contribution in [2.24, 2.45) is 11.8 Å². The third-order valence-corrected chi connectivity index (χ3v) is 3.33. The van der Waals surface area contributed by atoms with Gasteiger partial charge in [0, 0.05) is 26.1 Å². The molecule has 0 unspecified atom stereocenters. The van der Waals surface area contributed by atoms with Gasteiger partial charge in [-0.25, -0.2) is 0 Å². The van der Waals surface area contributed by atoms with Crippen molar-refractivity contribution in [3.05, 3.63) is 12.7 Å². The molecule has 1 saturated heterocycles. The van der Waals surface area contributed by atoms with Gasteiger partial charge in [0.1, 0.15) is 0 Å². The van der Waals surface area contributed by atoms with Crippen LogP contribution in [-0.4, -0.2) is 54.4 Å². The normalized spacial score (nSPS) is 22.3. The Kier molecular flexibility index (Phi) is 6.19. The molecule has 8 heteroatoms. The van der Waals surface area contributed by atoms with Crippen molar-refractivity contribution in [2.45, 2.75) is 19.0 Å². The van der Waals surface area contributed by atoms with E-state index in [9.17, 15) is 22.8 Å². The SMILES string of the molecule is C=CCOCCCC(=O)N1C[C@@H](C(F)(F)F)[C@H](C(=O)O)C1. The van der Waals surface area contributed by atoms with Gasteiger partial charge in [-0.15, -0.1) is 6.58 Å². The van der Waals surface area contributed by atoms with Gasteiger partial charge < -0.3 is 14.7 Å². The summed E-state index contributed by atoms with van der Waals surface area (Å²) in [6.07, 6.45) is -2.66. The first-order chi connectivity index (χ1) is 9.77. The van der Waals surface area contributed by atoms with Gasteiger partial charge in [0.15, 0.2) is 0 Å². The fraction of sp³-hybridized carbons (Fsp3) is 0.692. The first-order valence-corrected chi connectivity index (χ1v) is 6.53. The number of likely N-dealkylation sites (tertiary alicyclic amines) is 1. The lowest BCUT2D eigenvalue weighted by molar-refractivity contribution is -0.188. The molecule has 0 aliphatic carbocycles. The summed E-state index contributed by atoms with van der Waals surface area (Å²) < 4.78 is 43.4. The summed E-state index contributed by atoms with van der Waals surface area (Å²) >= 11 is 0. The molecule has 0 aromatic carbocycles. The predicted molar refractivity (Wildman–Crippen MR) is 67.5 cm³/mol. The largest absolute Gasteiger partial charge is 0.481 e. The molecule has 21 heavy (non-hydrogen) atoms. The van der Waals surface area contributed by atoms with Crippen LogP contribution in [0.15, 0.2) is 12.7 Å². The van der Waals surface area contributed by atoms with Crippen LogP contribution in [0.4, 0.5) is 13.2 Å². The van der Waals surface area contributed by atoms with Crippen LogP contribution < -0.4 is 0 Å². The minimum Gasteiger partial charge on any atom is -0.481 e. The molecule has 1 rings (SSSR count). The van der Waals surface area contributed by atoms with Crippen molar-refractivity contribution in [1.29, 1.82) is 0 Å². The molecular weight excluding hydrogens is 291 g/mol. The second kappa shape index (κ2) is 7.44. The van der Waals surface area contributed by atoms with Gasteiger partial charge in [-0.3, -0.25) is 9.59 Å². The highest BCUT2D eigenvalue weighted by Crippen LogP contribution is 2.37. The maximum Gasteiger partial charge on any atom is 0.394 e. The maximum atomic E-state index is 12.8. The lowest BCUT2D eigenvalue weighted by Gasteiger charge is -2.18. The molecule has 1 aliphatic rings. The Bertz CT molecular complexity index is 397. The number of carbonyl (C=O) groups is 2. The number of hydrogen-bond acceptors (Lipinski definition) is 3. The predicted octanol–water partition coefficient (Wildman–Crippen LogP) is 1.69. The van der Waals surface area contributed by atoms with Crippen molar-refractivity contribution in [3.8, 4) is 0 Å². The molecule has 0 aromatic rings. The maximum absolute atomic E-state index is 12.8. The quantitative estimate of drug-likeness (QED) is 0.574. The number of hydrogen-bond donors (Lipinski definition) is 1. The smallest absolute Gasteiger partial charge is 0.394 e. The van der Waals surface area contributed by atoms with E-state index in [1.807, 2.05) is 0 Å². The van der Waals surface area contributed by atoms with Crippen LogP contribution in [0.5, 0.6) is 0 Å². The molecule has 2 atom stereocenters. The molecule has 0 bridgehead atoms. The minimum absolute atomic E-state index is 0.0358. The fourth-order valence-corrected chi connectivity index (χ4v) is 2.24. The number of carbonyl (C=O) groups excluding carboxylic acids is 1. The molecule has 1 aliphatic heterocycles. The minimum atomic E-state index is -4.62.